The average Bonchev–Trinajstić information content (AvgIpc) is 2.67. The standard InChI is InChI=1S/C21H24N2O2/c24-21-15-25-20-7-6-16(14-19(20)22-21)8-11-23-12-9-18(10-13-23)17-4-2-1-3-5-17/h1-7,14,18H,8-13,15H2,(H,22,24). The summed E-state index contributed by atoms with van der Waals surface area (Å²) < 4.78 is 5.42. The summed E-state index contributed by atoms with van der Waals surface area (Å²) in [4.78, 5) is 14.0. The first kappa shape index (κ1) is 16.2. The Morgan fingerprint density at radius 3 is 2.68 bits per heavy atom. The molecule has 2 aliphatic heterocycles. The van der Waals surface area contributed by atoms with Gasteiger partial charge in [-0.25, -0.2) is 0 Å². The van der Waals surface area contributed by atoms with E-state index in [9.17, 15) is 4.79 Å². The summed E-state index contributed by atoms with van der Waals surface area (Å²) in [6.07, 6.45) is 3.47. The third-order valence-electron chi connectivity index (χ3n) is 5.25. The molecule has 4 heteroatoms. The van der Waals surface area contributed by atoms with Gasteiger partial charge in [-0.15, -0.1) is 0 Å². The fourth-order valence-corrected chi connectivity index (χ4v) is 3.79. The van der Waals surface area contributed by atoms with Gasteiger partial charge in [-0.2, -0.15) is 0 Å². The fraction of sp³-hybridized carbons (Fsp3) is 0.381. The molecular formula is C21H24N2O2. The van der Waals surface area contributed by atoms with E-state index >= 15 is 0 Å². The number of likely N-dealkylation sites (tertiary alicyclic amines) is 1. The fourth-order valence-electron chi connectivity index (χ4n) is 3.79. The lowest BCUT2D eigenvalue weighted by atomic mass is 9.89. The van der Waals surface area contributed by atoms with E-state index in [0.29, 0.717) is 5.92 Å². The first-order valence-electron chi connectivity index (χ1n) is 9.11. The Balaban J connectivity index is 1.30. The first-order chi connectivity index (χ1) is 12.3. The van der Waals surface area contributed by atoms with E-state index in [2.05, 4.69) is 46.6 Å². The molecule has 0 bridgehead atoms. The topological polar surface area (TPSA) is 41.6 Å². The van der Waals surface area contributed by atoms with Gasteiger partial charge in [-0.3, -0.25) is 4.79 Å². The van der Waals surface area contributed by atoms with Gasteiger partial charge in [-0.1, -0.05) is 36.4 Å². The van der Waals surface area contributed by atoms with Crippen molar-refractivity contribution >= 4 is 11.6 Å². The number of nitrogens with one attached hydrogen (secondary N) is 1. The molecule has 2 aromatic carbocycles. The van der Waals surface area contributed by atoms with E-state index in [1.807, 2.05) is 12.1 Å². The Hall–Kier alpha value is -2.33. The Kier molecular flexibility index (Phi) is 4.70. The molecule has 1 amide bonds. The minimum Gasteiger partial charge on any atom is -0.482 e. The van der Waals surface area contributed by atoms with Gasteiger partial charge in [-0.05, 0) is 61.5 Å². The molecule has 4 rings (SSSR count). The number of rotatable bonds is 4. The molecule has 0 aliphatic carbocycles. The van der Waals surface area contributed by atoms with E-state index in [-0.39, 0.29) is 12.5 Å². The molecule has 1 saturated heterocycles. The van der Waals surface area contributed by atoms with E-state index in [0.717, 1.165) is 37.5 Å². The van der Waals surface area contributed by atoms with Gasteiger partial charge in [0, 0.05) is 6.54 Å². The molecule has 2 heterocycles. The van der Waals surface area contributed by atoms with Crippen LogP contribution >= 0.6 is 0 Å². The molecule has 0 spiro atoms. The number of piperidine rings is 1. The summed E-state index contributed by atoms with van der Waals surface area (Å²) in [5, 5.41) is 2.88. The largest absolute Gasteiger partial charge is 0.482 e. The second-order valence-corrected chi connectivity index (χ2v) is 6.94. The SMILES string of the molecule is O=C1COc2ccc(CCN3CCC(c4ccccc4)CC3)cc2N1. The third-order valence-corrected chi connectivity index (χ3v) is 5.25. The smallest absolute Gasteiger partial charge is 0.262 e. The summed E-state index contributed by atoms with van der Waals surface area (Å²) in [5.74, 6) is 1.40. The average molecular weight is 336 g/mol. The van der Waals surface area contributed by atoms with Crippen LogP contribution in [0.2, 0.25) is 0 Å². The van der Waals surface area contributed by atoms with Crippen molar-refractivity contribution in [1.82, 2.24) is 4.90 Å². The van der Waals surface area contributed by atoms with Crippen LogP contribution in [0.25, 0.3) is 0 Å². The summed E-state index contributed by atoms with van der Waals surface area (Å²) >= 11 is 0. The normalized spacial score (nSPS) is 18.3. The minimum absolute atomic E-state index is 0.0763. The van der Waals surface area contributed by atoms with Gasteiger partial charge >= 0.3 is 0 Å². The van der Waals surface area contributed by atoms with Gasteiger partial charge in [0.15, 0.2) is 6.61 Å². The van der Waals surface area contributed by atoms with E-state index in [1.54, 1.807) is 0 Å². The lowest BCUT2D eigenvalue weighted by Gasteiger charge is -2.32. The van der Waals surface area contributed by atoms with Crippen molar-refractivity contribution in [3.8, 4) is 5.75 Å². The van der Waals surface area contributed by atoms with Crippen LogP contribution in [0.5, 0.6) is 5.75 Å². The molecule has 0 radical (unpaired) electrons. The number of anilines is 1. The number of hydrogen-bond acceptors (Lipinski definition) is 3. The second kappa shape index (κ2) is 7.28. The molecule has 1 fully saturated rings. The Labute approximate surface area is 148 Å². The number of fused-ring (bicyclic) bond motifs is 1. The lowest BCUT2D eigenvalue weighted by Crippen LogP contribution is -2.34. The van der Waals surface area contributed by atoms with Crippen LogP contribution in [0, 0.1) is 0 Å². The first-order valence-corrected chi connectivity index (χ1v) is 9.11. The zero-order valence-corrected chi connectivity index (χ0v) is 14.4. The molecule has 0 unspecified atom stereocenters. The molecule has 0 aromatic heterocycles. The van der Waals surface area contributed by atoms with Crippen LogP contribution in [0.3, 0.4) is 0 Å². The van der Waals surface area contributed by atoms with Crippen molar-refractivity contribution in [2.45, 2.75) is 25.2 Å². The number of carbonyl (C=O) groups is 1. The van der Waals surface area contributed by atoms with Crippen LogP contribution in [0.1, 0.15) is 29.9 Å². The Morgan fingerprint density at radius 1 is 1.08 bits per heavy atom. The molecule has 4 nitrogen and oxygen atoms in total. The second-order valence-electron chi connectivity index (χ2n) is 6.94. The summed E-state index contributed by atoms with van der Waals surface area (Å²) in [5.41, 5.74) is 3.53. The molecule has 130 valence electrons. The zero-order chi connectivity index (χ0) is 17.1. The third kappa shape index (κ3) is 3.85. The maximum atomic E-state index is 11.4. The van der Waals surface area contributed by atoms with Crippen LogP contribution < -0.4 is 10.1 Å². The molecule has 25 heavy (non-hydrogen) atoms. The van der Waals surface area contributed by atoms with Crippen molar-refractivity contribution in [2.75, 3.05) is 31.6 Å². The maximum absolute atomic E-state index is 11.4. The monoisotopic (exact) mass is 336 g/mol. The van der Waals surface area contributed by atoms with Crippen LogP contribution in [0.4, 0.5) is 5.69 Å². The predicted molar refractivity (Wildman–Crippen MR) is 99.1 cm³/mol. The number of benzene rings is 2. The van der Waals surface area contributed by atoms with Gasteiger partial charge in [0.25, 0.3) is 5.91 Å². The molecule has 1 N–H and O–H groups in total. The highest BCUT2D eigenvalue weighted by Crippen LogP contribution is 2.30. The minimum atomic E-state index is -0.0763. The zero-order valence-electron chi connectivity index (χ0n) is 14.4. The molecule has 0 atom stereocenters. The number of nitrogens with zero attached hydrogens (tertiary/aromatic N) is 1. The van der Waals surface area contributed by atoms with Crippen molar-refractivity contribution < 1.29 is 9.53 Å². The van der Waals surface area contributed by atoms with Crippen molar-refractivity contribution in [1.29, 1.82) is 0 Å². The van der Waals surface area contributed by atoms with E-state index < -0.39 is 0 Å². The number of ether oxygens (including phenoxy) is 1. The Morgan fingerprint density at radius 2 is 1.88 bits per heavy atom. The van der Waals surface area contributed by atoms with Gasteiger partial charge < -0.3 is 15.0 Å². The maximum Gasteiger partial charge on any atom is 0.262 e. The number of amides is 1. The quantitative estimate of drug-likeness (QED) is 0.930. The molecular weight excluding hydrogens is 312 g/mol. The highest BCUT2D eigenvalue weighted by molar-refractivity contribution is 5.95. The van der Waals surface area contributed by atoms with E-state index in [1.165, 1.54) is 24.0 Å². The number of hydrogen-bond donors (Lipinski definition) is 1. The van der Waals surface area contributed by atoms with E-state index in [4.69, 9.17) is 4.74 Å². The number of carbonyl (C=O) groups excluding carboxylic acids is 1. The van der Waals surface area contributed by atoms with Crippen LogP contribution in [-0.2, 0) is 11.2 Å². The van der Waals surface area contributed by atoms with Gasteiger partial charge in [0.05, 0.1) is 5.69 Å². The van der Waals surface area contributed by atoms with Crippen molar-refractivity contribution in [2.24, 2.45) is 0 Å². The molecule has 2 aromatic rings. The van der Waals surface area contributed by atoms with Gasteiger partial charge in [0.1, 0.15) is 5.75 Å². The van der Waals surface area contributed by atoms with Gasteiger partial charge in [0.2, 0.25) is 0 Å². The predicted octanol–water partition coefficient (Wildman–Crippen LogP) is 3.44. The summed E-state index contributed by atoms with van der Waals surface area (Å²) in [6.45, 7) is 3.49. The van der Waals surface area contributed by atoms with Crippen LogP contribution in [-0.4, -0.2) is 37.0 Å². The highest BCUT2D eigenvalue weighted by atomic mass is 16.5. The lowest BCUT2D eigenvalue weighted by molar-refractivity contribution is -0.118. The summed E-state index contributed by atoms with van der Waals surface area (Å²) in [6, 6.07) is 17.0. The molecule has 0 saturated carbocycles. The Bertz CT molecular complexity index is 737. The van der Waals surface area contributed by atoms with Crippen molar-refractivity contribution in [3.63, 3.8) is 0 Å². The van der Waals surface area contributed by atoms with Crippen molar-refractivity contribution in [3.05, 3.63) is 59.7 Å². The summed E-state index contributed by atoms with van der Waals surface area (Å²) in [7, 11) is 0. The van der Waals surface area contributed by atoms with Crippen LogP contribution in [0.15, 0.2) is 48.5 Å². The molecule has 2 aliphatic rings. The highest BCUT2D eigenvalue weighted by Gasteiger charge is 2.20.